The van der Waals surface area contributed by atoms with Crippen molar-refractivity contribution in [3.05, 3.63) is 53.1 Å². The van der Waals surface area contributed by atoms with Crippen molar-refractivity contribution in [2.45, 2.75) is 31.3 Å². The van der Waals surface area contributed by atoms with Crippen LogP contribution in [0.2, 0.25) is 5.02 Å². The Kier molecular flexibility index (Phi) is 5.62. The second-order valence-electron chi connectivity index (χ2n) is 7.92. The fraction of sp³-hybridized carbons (Fsp3) is 0.381. The second-order valence-corrected chi connectivity index (χ2v) is 8.36. The number of urea groups is 1. The van der Waals surface area contributed by atoms with E-state index in [0.29, 0.717) is 35.9 Å². The number of hydrogen-bond donors (Lipinski definition) is 3. The second kappa shape index (κ2) is 8.22. The highest BCUT2D eigenvalue weighted by atomic mass is 35.5. The predicted molar refractivity (Wildman–Crippen MR) is 113 cm³/mol. The molecule has 0 saturated carbocycles. The van der Waals surface area contributed by atoms with Gasteiger partial charge >= 0.3 is 6.03 Å². The smallest absolute Gasteiger partial charge is 0.322 e. The molecule has 8 nitrogen and oxygen atoms in total. The molecule has 0 radical (unpaired) electrons. The topological polar surface area (TPSA) is 97.5 Å². The van der Waals surface area contributed by atoms with Crippen molar-refractivity contribution >= 4 is 35.1 Å². The van der Waals surface area contributed by atoms with Gasteiger partial charge in [0.25, 0.3) is 5.91 Å². The molecule has 4 rings (SSSR count). The van der Waals surface area contributed by atoms with Gasteiger partial charge in [-0.25, -0.2) is 9.18 Å². The van der Waals surface area contributed by atoms with E-state index >= 15 is 0 Å². The molecule has 1 aromatic carbocycles. The Balaban J connectivity index is 1.42. The highest BCUT2D eigenvalue weighted by Crippen LogP contribution is 2.31. The number of carbonyl (C=O) groups is 3. The Morgan fingerprint density at radius 1 is 1.29 bits per heavy atom. The van der Waals surface area contributed by atoms with E-state index in [-0.39, 0.29) is 24.8 Å². The number of imide groups is 1. The van der Waals surface area contributed by atoms with E-state index in [0.717, 1.165) is 0 Å². The average Bonchev–Trinajstić information content (AvgIpc) is 3.33. The molecule has 2 aromatic rings. The van der Waals surface area contributed by atoms with Crippen LogP contribution < -0.4 is 15.5 Å². The van der Waals surface area contributed by atoms with Crippen LogP contribution in [-0.4, -0.2) is 53.4 Å². The Labute approximate surface area is 183 Å². The molecule has 164 valence electrons. The van der Waals surface area contributed by atoms with Gasteiger partial charge in [0.1, 0.15) is 11.4 Å². The molecule has 0 spiro atoms. The molecule has 2 fully saturated rings. The summed E-state index contributed by atoms with van der Waals surface area (Å²) < 4.78 is 13.7. The minimum Gasteiger partial charge on any atom is -0.367 e. The van der Waals surface area contributed by atoms with Crippen LogP contribution in [0.3, 0.4) is 0 Å². The van der Waals surface area contributed by atoms with Crippen LogP contribution >= 0.6 is 11.6 Å². The monoisotopic (exact) mass is 447 g/mol. The summed E-state index contributed by atoms with van der Waals surface area (Å²) in [6, 6.07) is 5.50. The predicted octanol–water partition coefficient (Wildman–Crippen LogP) is 2.36. The van der Waals surface area contributed by atoms with Crippen LogP contribution in [0.4, 0.5) is 14.9 Å². The molecule has 1 aromatic heterocycles. The average molecular weight is 448 g/mol. The zero-order valence-corrected chi connectivity index (χ0v) is 17.7. The molecular weight excluding hydrogens is 425 g/mol. The number of rotatable bonds is 5. The molecule has 3 N–H and O–H groups in total. The van der Waals surface area contributed by atoms with Crippen LogP contribution in [0.1, 0.15) is 25.3 Å². The first-order chi connectivity index (χ1) is 14.8. The fourth-order valence-electron chi connectivity index (χ4n) is 4.33. The lowest BCUT2D eigenvalue weighted by Crippen LogP contribution is -2.54. The van der Waals surface area contributed by atoms with Crippen molar-refractivity contribution in [2.24, 2.45) is 0 Å². The third-order valence-electron chi connectivity index (χ3n) is 5.91. The molecule has 2 aliphatic rings. The van der Waals surface area contributed by atoms with E-state index in [1.807, 2.05) is 11.8 Å². The van der Waals surface area contributed by atoms with E-state index in [1.54, 1.807) is 29.4 Å². The first-order valence-electron chi connectivity index (χ1n) is 10.1. The summed E-state index contributed by atoms with van der Waals surface area (Å²) in [5, 5.41) is 5.27. The van der Waals surface area contributed by atoms with Crippen molar-refractivity contribution in [1.29, 1.82) is 0 Å². The minimum absolute atomic E-state index is 0.0383. The summed E-state index contributed by atoms with van der Waals surface area (Å²) in [5.74, 6) is -0.973. The van der Waals surface area contributed by atoms with Gasteiger partial charge in [-0.15, -0.1) is 0 Å². The number of halogens is 2. The Morgan fingerprint density at radius 2 is 2.10 bits per heavy atom. The summed E-state index contributed by atoms with van der Waals surface area (Å²) in [6.07, 6.45) is 3.55. The van der Waals surface area contributed by atoms with Gasteiger partial charge in [-0.1, -0.05) is 11.6 Å². The van der Waals surface area contributed by atoms with Crippen LogP contribution in [0.15, 0.2) is 36.7 Å². The van der Waals surface area contributed by atoms with Gasteiger partial charge in [-0.2, -0.15) is 0 Å². The van der Waals surface area contributed by atoms with Gasteiger partial charge in [0.15, 0.2) is 0 Å². The maximum absolute atomic E-state index is 13.7. The number of anilines is 1. The number of nitrogens with zero attached hydrogens (tertiary/aromatic N) is 2. The number of aromatic amines is 1. The van der Waals surface area contributed by atoms with Crippen LogP contribution in [-0.2, 0) is 15.1 Å². The van der Waals surface area contributed by atoms with Crippen molar-refractivity contribution in [3.63, 3.8) is 0 Å². The van der Waals surface area contributed by atoms with Gasteiger partial charge in [0.05, 0.1) is 0 Å². The molecule has 2 saturated heterocycles. The maximum Gasteiger partial charge on any atom is 0.322 e. The van der Waals surface area contributed by atoms with Crippen molar-refractivity contribution < 1.29 is 18.8 Å². The van der Waals surface area contributed by atoms with Gasteiger partial charge in [0.2, 0.25) is 5.91 Å². The number of hydrogen-bond acceptors (Lipinski definition) is 4. The number of piperazine rings is 1. The molecule has 0 aliphatic carbocycles. The molecular formula is C21H23ClFN5O3. The number of nitrogens with one attached hydrogen (secondary N) is 3. The largest absolute Gasteiger partial charge is 0.367 e. The van der Waals surface area contributed by atoms with Gasteiger partial charge < -0.3 is 20.1 Å². The molecule has 2 atom stereocenters. The lowest BCUT2D eigenvalue weighted by molar-refractivity contribution is -0.133. The summed E-state index contributed by atoms with van der Waals surface area (Å²) in [7, 11) is 0. The molecule has 10 heteroatoms. The van der Waals surface area contributed by atoms with Crippen molar-refractivity contribution in [3.8, 4) is 0 Å². The number of amides is 4. The maximum atomic E-state index is 13.7. The van der Waals surface area contributed by atoms with Gasteiger partial charge in [0, 0.05) is 60.8 Å². The minimum atomic E-state index is -1.27. The number of benzene rings is 1. The Hall–Kier alpha value is -3.07. The zero-order valence-electron chi connectivity index (χ0n) is 17.0. The number of carbonyl (C=O) groups excluding carboxylic acids is 3. The summed E-state index contributed by atoms with van der Waals surface area (Å²) >= 11 is 5.98. The first kappa shape index (κ1) is 21.2. The van der Waals surface area contributed by atoms with Crippen LogP contribution in [0, 0.1) is 5.82 Å². The number of aromatic nitrogens is 1. The summed E-state index contributed by atoms with van der Waals surface area (Å²) in [5.41, 5.74) is 0.0181. The van der Waals surface area contributed by atoms with Crippen LogP contribution in [0.5, 0.6) is 0 Å². The number of H-pyrrole nitrogens is 1. The highest BCUT2D eigenvalue weighted by Gasteiger charge is 2.48. The van der Waals surface area contributed by atoms with Crippen LogP contribution in [0.25, 0.3) is 0 Å². The van der Waals surface area contributed by atoms with Crippen molar-refractivity contribution in [1.82, 2.24) is 20.5 Å². The summed E-state index contributed by atoms with van der Waals surface area (Å²) in [6.45, 7) is 3.42. The van der Waals surface area contributed by atoms with Gasteiger partial charge in [-0.05, 0) is 37.6 Å². The SMILES string of the molecule is C[C@H]1CN(C(=O)CCC2(c3cc[nH]c3)NC(=O)NC2=O)CCN1c1cc(F)cc(Cl)c1. The fourth-order valence-corrected chi connectivity index (χ4v) is 4.55. The third kappa shape index (κ3) is 4.10. The molecule has 3 heterocycles. The van der Waals surface area contributed by atoms with E-state index in [9.17, 15) is 18.8 Å². The molecule has 2 aliphatic heterocycles. The standard InChI is InChI=1S/C21H23ClFN5O3/c1-13-12-27(6-7-28(13)17-9-15(22)8-16(23)10-17)18(29)2-4-21(14-3-5-24-11-14)19(30)25-20(31)26-21/h3,5,8-11,13,24H,2,4,6-7,12H2,1H3,(H2,25,26,30,31)/t13-,21?/m0/s1. The van der Waals surface area contributed by atoms with E-state index in [1.165, 1.54) is 12.1 Å². The lowest BCUT2D eigenvalue weighted by Gasteiger charge is -2.41. The first-order valence-corrected chi connectivity index (χ1v) is 10.4. The Bertz CT molecular complexity index is 994. The van der Waals surface area contributed by atoms with E-state index in [4.69, 9.17) is 11.6 Å². The van der Waals surface area contributed by atoms with Gasteiger partial charge in [-0.3, -0.25) is 14.9 Å². The summed E-state index contributed by atoms with van der Waals surface area (Å²) in [4.78, 5) is 43.9. The van der Waals surface area contributed by atoms with E-state index in [2.05, 4.69) is 15.6 Å². The molecule has 0 bridgehead atoms. The Morgan fingerprint density at radius 3 is 2.71 bits per heavy atom. The normalized spacial score (nSPS) is 23.6. The zero-order chi connectivity index (χ0) is 22.2. The highest BCUT2D eigenvalue weighted by molar-refractivity contribution is 6.30. The van der Waals surface area contributed by atoms with E-state index < -0.39 is 23.3 Å². The van der Waals surface area contributed by atoms with Crippen molar-refractivity contribution in [2.75, 3.05) is 24.5 Å². The lowest BCUT2D eigenvalue weighted by atomic mass is 9.87. The molecule has 1 unspecified atom stereocenters. The third-order valence-corrected chi connectivity index (χ3v) is 6.12. The quantitative estimate of drug-likeness (QED) is 0.613. The molecule has 4 amide bonds. The molecule has 31 heavy (non-hydrogen) atoms.